The smallest absolute Gasteiger partial charge is 0.269 e. The molecule has 0 fully saturated rings. The van der Waals surface area contributed by atoms with Gasteiger partial charge in [-0.3, -0.25) is 14.9 Å². The van der Waals surface area contributed by atoms with Gasteiger partial charge in [-0.2, -0.15) is 5.26 Å². The molecule has 1 heterocycles. The van der Waals surface area contributed by atoms with Gasteiger partial charge in [-0.15, -0.1) is 0 Å². The molecule has 0 spiro atoms. The van der Waals surface area contributed by atoms with Gasteiger partial charge in [0, 0.05) is 35.8 Å². The number of hydrogen-bond acceptors (Lipinski definition) is 4. The van der Waals surface area contributed by atoms with Crippen molar-refractivity contribution >= 4 is 17.7 Å². The van der Waals surface area contributed by atoms with Crippen LogP contribution in [0.1, 0.15) is 28.9 Å². The van der Waals surface area contributed by atoms with Gasteiger partial charge in [0.1, 0.15) is 11.6 Å². The molecule has 2 aromatic carbocycles. The van der Waals surface area contributed by atoms with E-state index >= 15 is 0 Å². The second-order valence-electron chi connectivity index (χ2n) is 7.45. The van der Waals surface area contributed by atoms with Gasteiger partial charge < -0.3 is 9.88 Å². The van der Waals surface area contributed by atoms with Crippen LogP contribution in [0, 0.1) is 35.3 Å². The van der Waals surface area contributed by atoms with E-state index in [4.69, 9.17) is 0 Å². The Bertz CT molecular complexity index is 1190. The molecule has 32 heavy (non-hydrogen) atoms. The first kappa shape index (κ1) is 22.5. The van der Waals surface area contributed by atoms with Gasteiger partial charge in [-0.25, -0.2) is 0 Å². The summed E-state index contributed by atoms with van der Waals surface area (Å²) in [5.74, 6) is -0.402. The summed E-state index contributed by atoms with van der Waals surface area (Å²) in [6.45, 7) is 4.27. The van der Waals surface area contributed by atoms with Crippen molar-refractivity contribution < 1.29 is 9.72 Å². The summed E-state index contributed by atoms with van der Waals surface area (Å²) in [6.07, 6.45) is 3.21. The number of nitrogens with zero attached hydrogens (tertiary/aromatic N) is 3. The van der Waals surface area contributed by atoms with Gasteiger partial charge in [-0.05, 0) is 62.1 Å². The lowest BCUT2D eigenvalue weighted by Crippen LogP contribution is -2.25. The number of non-ortho nitro benzene ring substituents is 1. The average molecular weight is 428 g/mol. The molecule has 0 unspecified atom stereocenters. The first-order chi connectivity index (χ1) is 15.4. The van der Waals surface area contributed by atoms with Crippen LogP contribution in [0.4, 0.5) is 5.69 Å². The van der Waals surface area contributed by atoms with E-state index in [1.54, 1.807) is 18.2 Å². The predicted molar refractivity (Wildman–Crippen MR) is 123 cm³/mol. The maximum Gasteiger partial charge on any atom is 0.269 e. The highest BCUT2D eigenvalue weighted by atomic mass is 16.6. The molecule has 7 heteroatoms. The van der Waals surface area contributed by atoms with E-state index in [0.717, 1.165) is 35.5 Å². The van der Waals surface area contributed by atoms with Crippen molar-refractivity contribution in [2.75, 3.05) is 6.54 Å². The Morgan fingerprint density at radius 2 is 1.84 bits per heavy atom. The number of nitro benzene ring substituents is 1. The third-order valence-electron chi connectivity index (χ3n) is 5.22. The first-order valence-electron chi connectivity index (χ1n) is 10.3. The second kappa shape index (κ2) is 10.2. The van der Waals surface area contributed by atoms with E-state index in [0.29, 0.717) is 6.54 Å². The van der Waals surface area contributed by atoms with Gasteiger partial charge in [0.25, 0.3) is 11.6 Å². The van der Waals surface area contributed by atoms with Crippen molar-refractivity contribution in [2.45, 2.75) is 26.7 Å². The van der Waals surface area contributed by atoms with Crippen LogP contribution < -0.4 is 5.32 Å². The van der Waals surface area contributed by atoms with Crippen LogP contribution in [-0.2, 0) is 11.2 Å². The maximum absolute atomic E-state index is 12.5. The number of aromatic nitrogens is 1. The normalized spacial score (nSPS) is 11.1. The summed E-state index contributed by atoms with van der Waals surface area (Å²) in [5.41, 5.74) is 4.51. The summed E-state index contributed by atoms with van der Waals surface area (Å²) >= 11 is 0. The summed E-state index contributed by atoms with van der Waals surface area (Å²) in [7, 11) is 0. The lowest BCUT2D eigenvalue weighted by molar-refractivity contribution is -0.384. The van der Waals surface area contributed by atoms with Crippen LogP contribution >= 0.6 is 0 Å². The van der Waals surface area contributed by atoms with Gasteiger partial charge in [0.05, 0.1) is 4.92 Å². The van der Waals surface area contributed by atoms with Crippen LogP contribution in [0.3, 0.4) is 0 Å². The molecule has 0 aliphatic heterocycles. The zero-order chi connectivity index (χ0) is 23.1. The first-order valence-corrected chi connectivity index (χ1v) is 10.3. The Hall–Kier alpha value is -4.18. The number of aryl methyl sites for hydroxylation is 2. The summed E-state index contributed by atoms with van der Waals surface area (Å²) < 4.78 is 1.93. The number of amides is 1. The van der Waals surface area contributed by atoms with Crippen molar-refractivity contribution in [1.29, 1.82) is 5.26 Å². The van der Waals surface area contributed by atoms with Crippen LogP contribution in [-0.4, -0.2) is 21.9 Å². The van der Waals surface area contributed by atoms with Crippen LogP contribution in [0.15, 0.2) is 66.2 Å². The molecular weight excluding hydrogens is 404 g/mol. The Labute approximate surface area is 186 Å². The standard InChI is InChI=1S/C25H24N4O3/c1-18-15-21(19(2)28(18)23-10-12-24(13-11-23)29(31)32)16-22(17-26)25(30)27-14-6-9-20-7-4-3-5-8-20/h3-5,7-8,10-13,15-16H,6,9,14H2,1-2H3,(H,27,30)/b22-16+. The molecule has 7 nitrogen and oxygen atoms in total. The van der Waals surface area contributed by atoms with Crippen LogP contribution in [0.25, 0.3) is 11.8 Å². The van der Waals surface area contributed by atoms with Crippen molar-refractivity contribution in [3.63, 3.8) is 0 Å². The Morgan fingerprint density at radius 3 is 2.47 bits per heavy atom. The summed E-state index contributed by atoms with van der Waals surface area (Å²) in [5, 5.41) is 23.2. The quantitative estimate of drug-likeness (QED) is 0.185. The molecule has 0 bridgehead atoms. The van der Waals surface area contributed by atoms with Crippen molar-refractivity contribution in [2.24, 2.45) is 0 Å². The van der Waals surface area contributed by atoms with E-state index in [-0.39, 0.29) is 11.3 Å². The number of nitriles is 1. The SMILES string of the molecule is Cc1cc(/C=C(\C#N)C(=O)NCCCc2ccccc2)c(C)n1-c1ccc([N+](=O)[O-])cc1. The Kier molecular flexibility index (Phi) is 7.19. The Balaban J connectivity index is 1.71. The van der Waals surface area contributed by atoms with E-state index in [1.807, 2.05) is 60.9 Å². The lowest BCUT2D eigenvalue weighted by atomic mass is 10.1. The van der Waals surface area contributed by atoms with Crippen molar-refractivity contribution in [3.05, 3.63) is 98.9 Å². The highest BCUT2D eigenvalue weighted by Gasteiger charge is 2.14. The number of benzene rings is 2. The maximum atomic E-state index is 12.5. The molecule has 0 radical (unpaired) electrons. The molecule has 0 saturated heterocycles. The minimum Gasteiger partial charge on any atom is -0.351 e. The highest BCUT2D eigenvalue weighted by Crippen LogP contribution is 2.24. The summed E-state index contributed by atoms with van der Waals surface area (Å²) in [4.78, 5) is 22.9. The number of hydrogen-bond donors (Lipinski definition) is 1. The Morgan fingerprint density at radius 1 is 1.16 bits per heavy atom. The van der Waals surface area contributed by atoms with Crippen LogP contribution in [0.2, 0.25) is 0 Å². The minimum atomic E-state index is -0.440. The number of carbonyl (C=O) groups excluding carboxylic acids is 1. The number of rotatable bonds is 8. The van der Waals surface area contributed by atoms with Gasteiger partial charge in [-0.1, -0.05) is 30.3 Å². The summed E-state index contributed by atoms with van der Waals surface area (Å²) in [6, 6.07) is 20.2. The molecule has 3 aromatic rings. The van der Waals surface area contributed by atoms with E-state index in [9.17, 15) is 20.2 Å². The largest absolute Gasteiger partial charge is 0.351 e. The number of carbonyl (C=O) groups is 1. The number of nitro groups is 1. The molecular formula is C25H24N4O3. The molecule has 1 amide bonds. The molecule has 0 aliphatic rings. The molecule has 162 valence electrons. The lowest BCUT2D eigenvalue weighted by Gasteiger charge is -2.09. The van der Waals surface area contributed by atoms with E-state index < -0.39 is 10.8 Å². The third-order valence-corrected chi connectivity index (χ3v) is 5.22. The molecule has 0 atom stereocenters. The van der Waals surface area contributed by atoms with E-state index in [2.05, 4.69) is 5.32 Å². The predicted octanol–water partition coefficient (Wildman–Crippen LogP) is 4.66. The number of nitrogens with one attached hydrogen (secondary N) is 1. The monoisotopic (exact) mass is 428 g/mol. The second-order valence-corrected chi connectivity index (χ2v) is 7.45. The zero-order valence-corrected chi connectivity index (χ0v) is 18.0. The van der Waals surface area contributed by atoms with E-state index in [1.165, 1.54) is 17.7 Å². The average Bonchev–Trinajstić information content (AvgIpc) is 3.08. The fraction of sp³-hybridized carbons (Fsp3) is 0.200. The van der Waals surface area contributed by atoms with Gasteiger partial charge >= 0.3 is 0 Å². The molecule has 1 aromatic heterocycles. The van der Waals surface area contributed by atoms with Gasteiger partial charge in [0.2, 0.25) is 0 Å². The molecule has 1 N–H and O–H groups in total. The minimum absolute atomic E-state index is 0.0204. The fourth-order valence-corrected chi connectivity index (χ4v) is 3.59. The third kappa shape index (κ3) is 5.29. The van der Waals surface area contributed by atoms with Crippen molar-refractivity contribution in [1.82, 2.24) is 9.88 Å². The molecule has 0 saturated carbocycles. The topological polar surface area (TPSA) is 101 Å². The van der Waals surface area contributed by atoms with Crippen LogP contribution in [0.5, 0.6) is 0 Å². The highest BCUT2D eigenvalue weighted by molar-refractivity contribution is 6.01. The van der Waals surface area contributed by atoms with Gasteiger partial charge in [0.15, 0.2) is 0 Å². The molecule has 3 rings (SSSR count). The molecule has 0 aliphatic carbocycles. The zero-order valence-electron chi connectivity index (χ0n) is 18.0. The fourth-order valence-electron chi connectivity index (χ4n) is 3.59. The van der Waals surface area contributed by atoms with Crippen molar-refractivity contribution in [3.8, 4) is 11.8 Å².